The minimum atomic E-state index is -2.68. The highest BCUT2D eigenvalue weighted by atomic mass is 19.3. The first kappa shape index (κ1) is 11.3. The van der Waals surface area contributed by atoms with Crippen LogP contribution < -0.4 is 5.32 Å². The maximum Gasteiger partial charge on any atom is 0.270 e. The van der Waals surface area contributed by atoms with Gasteiger partial charge in [0, 0.05) is 0 Å². The van der Waals surface area contributed by atoms with Gasteiger partial charge in [-0.1, -0.05) is 0 Å². The predicted octanol–water partition coefficient (Wildman–Crippen LogP) is 0.921. The number of hydrogen-bond donors (Lipinski definition) is 2. The lowest BCUT2D eigenvalue weighted by Gasteiger charge is -2.03. The van der Waals surface area contributed by atoms with E-state index < -0.39 is 30.6 Å². The van der Waals surface area contributed by atoms with Crippen molar-refractivity contribution in [3.8, 4) is 5.75 Å². The zero-order chi connectivity index (χ0) is 11.4. The molecule has 7 heteroatoms. The highest BCUT2D eigenvalue weighted by Crippen LogP contribution is 2.12. The van der Waals surface area contributed by atoms with Gasteiger partial charge in [0.05, 0.1) is 6.54 Å². The van der Waals surface area contributed by atoms with Gasteiger partial charge in [-0.2, -0.15) is 4.39 Å². The molecule has 4 nitrogen and oxygen atoms in total. The molecular formula is C8H7F3N2O2. The molecule has 1 heterocycles. The van der Waals surface area contributed by atoms with Gasteiger partial charge in [0.1, 0.15) is 5.69 Å². The normalized spacial score (nSPS) is 10.4. The number of carbonyl (C=O) groups excluding carboxylic acids is 1. The Morgan fingerprint density at radius 2 is 2.20 bits per heavy atom. The molecule has 0 bridgehead atoms. The average molecular weight is 220 g/mol. The second-order valence-corrected chi connectivity index (χ2v) is 2.61. The average Bonchev–Trinajstić information content (AvgIpc) is 2.18. The smallest absolute Gasteiger partial charge is 0.270 e. The number of pyridine rings is 1. The third-order valence-corrected chi connectivity index (χ3v) is 1.48. The van der Waals surface area contributed by atoms with Crippen molar-refractivity contribution in [3.63, 3.8) is 0 Å². The first-order chi connectivity index (χ1) is 7.00. The second kappa shape index (κ2) is 4.63. The minimum absolute atomic E-state index is 0.369. The zero-order valence-corrected chi connectivity index (χ0v) is 7.38. The van der Waals surface area contributed by atoms with E-state index in [2.05, 4.69) is 4.98 Å². The van der Waals surface area contributed by atoms with Gasteiger partial charge in [0.15, 0.2) is 5.75 Å². The molecule has 0 saturated carbocycles. The second-order valence-electron chi connectivity index (χ2n) is 2.61. The minimum Gasteiger partial charge on any atom is -0.504 e. The zero-order valence-electron chi connectivity index (χ0n) is 7.38. The van der Waals surface area contributed by atoms with Crippen molar-refractivity contribution in [2.45, 2.75) is 6.43 Å². The topological polar surface area (TPSA) is 62.2 Å². The highest BCUT2D eigenvalue weighted by Gasteiger charge is 2.12. The van der Waals surface area contributed by atoms with Gasteiger partial charge in [-0.15, -0.1) is 0 Å². The van der Waals surface area contributed by atoms with Crippen LogP contribution >= 0.6 is 0 Å². The number of aromatic hydroxyl groups is 1. The number of halogens is 3. The molecule has 0 aliphatic carbocycles. The van der Waals surface area contributed by atoms with Gasteiger partial charge in [-0.3, -0.25) is 4.79 Å². The summed E-state index contributed by atoms with van der Waals surface area (Å²) in [7, 11) is 0. The summed E-state index contributed by atoms with van der Waals surface area (Å²) in [4.78, 5) is 14.1. The molecule has 0 aliphatic rings. The highest BCUT2D eigenvalue weighted by molar-refractivity contribution is 5.92. The van der Waals surface area contributed by atoms with Crippen LogP contribution in [-0.2, 0) is 0 Å². The summed E-state index contributed by atoms with van der Waals surface area (Å²) in [5, 5.41) is 10.6. The molecule has 0 radical (unpaired) electrons. The van der Waals surface area contributed by atoms with Gasteiger partial charge in [0.25, 0.3) is 18.3 Å². The van der Waals surface area contributed by atoms with Crippen LogP contribution in [0.1, 0.15) is 10.5 Å². The maximum atomic E-state index is 12.6. The Kier molecular flexibility index (Phi) is 3.48. The Labute approximate surface area is 82.7 Å². The van der Waals surface area contributed by atoms with Crippen molar-refractivity contribution in [2.75, 3.05) is 6.54 Å². The van der Waals surface area contributed by atoms with Crippen molar-refractivity contribution >= 4 is 5.91 Å². The Hall–Kier alpha value is -1.79. The largest absolute Gasteiger partial charge is 0.504 e. The fraction of sp³-hybridized carbons (Fsp3) is 0.250. The first-order valence-electron chi connectivity index (χ1n) is 3.92. The van der Waals surface area contributed by atoms with Gasteiger partial charge < -0.3 is 10.4 Å². The summed E-state index contributed by atoms with van der Waals surface area (Å²) in [5.74, 6) is -2.85. The van der Waals surface area contributed by atoms with E-state index in [-0.39, 0.29) is 5.69 Å². The Bertz CT molecular complexity index is 371. The SMILES string of the molecule is O=C(NCC(F)F)c1ccc(O)c(F)n1. The fourth-order valence-electron chi connectivity index (χ4n) is 0.814. The predicted molar refractivity (Wildman–Crippen MR) is 44.2 cm³/mol. The van der Waals surface area contributed by atoms with Crippen molar-refractivity contribution in [1.82, 2.24) is 10.3 Å². The molecule has 1 aromatic heterocycles. The van der Waals surface area contributed by atoms with E-state index in [0.29, 0.717) is 0 Å². The third-order valence-electron chi connectivity index (χ3n) is 1.48. The molecule has 2 N–H and O–H groups in total. The Balaban J connectivity index is 2.70. The van der Waals surface area contributed by atoms with Crippen molar-refractivity contribution in [2.24, 2.45) is 0 Å². The van der Waals surface area contributed by atoms with Crippen LogP contribution in [0.2, 0.25) is 0 Å². The molecule has 0 spiro atoms. The number of nitrogens with zero attached hydrogens (tertiary/aromatic N) is 1. The van der Waals surface area contributed by atoms with Gasteiger partial charge >= 0.3 is 0 Å². The van der Waals surface area contributed by atoms with Crippen molar-refractivity contribution in [3.05, 3.63) is 23.8 Å². The first-order valence-corrected chi connectivity index (χ1v) is 3.92. The van der Waals surface area contributed by atoms with Crippen LogP contribution in [0.5, 0.6) is 5.75 Å². The molecule has 0 aromatic carbocycles. The van der Waals surface area contributed by atoms with E-state index in [4.69, 9.17) is 5.11 Å². The fourth-order valence-corrected chi connectivity index (χ4v) is 0.814. The Morgan fingerprint density at radius 3 is 2.73 bits per heavy atom. The van der Waals surface area contributed by atoms with Gasteiger partial charge in [-0.05, 0) is 12.1 Å². The van der Waals surface area contributed by atoms with Crippen LogP contribution in [0.3, 0.4) is 0 Å². The molecule has 82 valence electrons. The third kappa shape index (κ3) is 3.12. The number of carbonyl (C=O) groups is 1. The molecular weight excluding hydrogens is 213 g/mol. The lowest BCUT2D eigenvalue weighted by molar-refractivity contribution is 0.0885. The molecule has 0 aliphatic heterocycles. The maximum absolute atomic E-state index is 12.6. The van der Waals surface area contributed by atoms with E-state index in [0.717, 1.165) is 12.1 Å². The van der Waals surface area contributed by atoms with Crippen LogP contribution in [0, 0.1) is 5.95 Å². The number of alkyl halides is 2. The lowest BCUT2D eigenvalue weighted by Crippen LogP contribution is -2.29. The Morgan fingerprint density at radius 1 is 1.53 bits per heavy atom. The van der Waals surface area contributed by atoms with E-state index in [1.807, 2.05) is 5.32 Å². The molecule has 0 fully saturated rings. The van der Waals surface area contributed by atoms with Gasteiger partial charge in [-0.25, -0.2) is 13.8 Å². The van der Waals surface area contributed by atoms with E-state index >= 15 is 0 Å². The summed E-state index contributed by atoms with van der Waals surface area (Å²) in [6.07, 6.45) is -2.68. The van der Waals surface area contributed by atoms with E-state index in [9.17, 15) is 18.0 Å². The number of rotatable bonds is 3. The summed E-state index contributed by atoms with van der Waals surface area (Å²) in [6, 6.07) is 1.94. The van der Waals surface area contributed by atoms with Crippen LogP contribution in [0.4, 0.5) is 13.2 Å². The molecule has 0 saturated heterocycles. The molecule has 15 heavy (non-hydrogen) atoms. The number of nitrogens with one attached hydrogen (secondary N) is 1. The summed E-state index contributed by atoms with van der Waals surface area (Å²) >= 11 is 0. The summed E-state index contributed by atoms with van der Waals surface area (Å²) in [5.41, 5.74) is -0.369. The quantitative estimate of drug-likeness (QED) is 0.744. The van der Waals surface area contributed by atoms with Crippen molar-refractivity contribution in [1.29, 1.82) is 0 Å². The number of hydrogen-bond acceptors (Lipinski definition) is 3. The number of aromatic nitrogens is 1. The lowest BCUT2D eigenvalue weighted by atomic mass is 10.3. The van der Waals surface area contributed by atoms with Crippen LogP contribution in [0.25, 0.3) is 0 Å². The molecule has 0 atom stereocenters. The monoisotopic (exact) mass is 220 g/mol. The standard InChI is InChI=1S/C8H7F3N2O2/c9-6(10)3-12-8(15)4-1-2-5(14)7(11)13-4/h1-2,6,14H,3H2,(H,12,15). The van der Waals surface area contributed by atoms with Crippen molar-refractivity contribution < 1.29 is 23.1 Å². The van der Waals surface area contributed by atoms with Crippen LogP contribution in [-0.4, -0.2) is 29.0 Å². The van der Waals surface area contributed by atoms with E-state index in [1.165, 1.54) is 0 Å². The molecule has 0 unspecified atom stereocenters. The van der Waals surface area contributed by atoms with Crippen LogP contribution in [0.15, 0.2) is 12.1 Å². The van der Waals surface area contributed by atoms with Gasteiger partial charge in [0.2, 0.25) is 0 Å². The summed E-state index contributed by atoms with van der Waals surface area (Å²) in [6.45, 7) is -0.830. The van der Waals surface area contributed by atoms with E-state index in [1.54, 1.807) is 0 Å². The summed E-state index contributed by atoms with van der Waals surface area (Å²) < 4.78 is 36.1. The molecule has 1 amide bonds. The molecule has 1 aromatic rings. The number of amides is 1. The molecule has 1 rings (SSSR count).